The summed E-state index contributed by atoms with van der Waals surface area (Å²) in [5.41, 5.74) is 9.40. The van der Waals surface area contributed by atoms with Crippen molar-refractivity contribution < 1.29 is 19.4 Å². The van der Waals surface area contributed by atoms with E-state index in [1.54, 1.807) is 15.6 Å². The Labute approximate surface area is 312 Å². The number of carbonyl (C=O) groups is 2. The van der Waals surface area contributed by atoms with Crippen molar-refractivity contribution >= 4 is 62.6 Å². The molecule has 0 bridgehead atoms. The average Bonchev–Trinajstić information content (AvgIpc) is 3.72. The lowest BCUT2D eigenvalue weighted by atomic mass is 9.98. The third-order valence-electron chi connectivity index (χ3n) is 10.3. The minimum atomic E-state index is -1.09. The summed E-state index contributed by atoms with van der Waals surface area (Å²) < 4.78 is 11.9. The fraction of sp³-hybridized carbons (Fsp3) is 0.350. The van der Waals surface area contributed by atoms with E-state index in [1.165, 1.54) is 0 Å². The third-order valence-corrected chi connectivity index (χ3v) is 11.2. The van der Waals surface area contributed by atoms with Gasteiger partial charge in [0.05, 0.1) is 28.4 Å². The normalized spacial score (nSPS) is 14.6. The second-order valence-corrected chi connectivity index (χ2v) is 15.0. The molecule has 0 saturated carbocycles. The molecule has 10 nitrogen and oxygen atoms in total. The standard InChI is InChI=1S/C40H42Cl2N6O4/c1-20(2)48-32-18-26(11-12-30(32)36(44-48)40(50)51)46-19-23(5)47-37-29(13-14-31(41)34(37)33-24(6)43-45(8)25(33)7)28(38(47)39(46)49)10-9-15-52-27-16-21(3)35(42)22(4)17-27/h11-14,16-18,20,23H,9-10,15,19H2,1-8H3,(H,50,51)/t23-/m1/s1. The fourth-order valence-electron chi connectivity index (χ4n) is 7.80. The molecule has 3 aromatic carbocycles. The number of halogens is 2. The van der Waals surface area contributed by atoms with Crippen LogP contribution in [-0.2, 0) is 13.5 Å². The molecular formula is C40H42Cl2N6O4. The number of aromatic nitrogens is 5. The largest absolute Gasteiger partial charge is 0.494 e. The lowest BCUT2D eigenvalue weighted by Crippen LogP contribution is -2.42. The fourth-order valence-corrected chi connectivity index (χ4v) is 8.15. The van der Waals surface area contributed by atoms with Gasteiger partial charge in [0, 0.05) is 64.0 Å². The Morgan fingerprint density at radius 2 is 1.69 bits per heavy atom. The van der Waals surface area contributed by atoms with Gasteiger partial charge in [-0.25, -0.2) is 4.79 Å². The minimum absolute atomic E-state index is 0.00691. The van der Waals surface area contributed by atoms with Gasteiger partial charge in [-0.3, -0.25) is 14.2 Å². The van der Waals surface area contributed by atoms with Gasteiger partial charge in [-0.1, -0.05) is 29.3 Å². The number of carboxylic acid groups (broad SMARTS) is 1. The number of ether oxygens (including phenoxy) is 1. The molecule has 3 aromatic heterocycles. The highest BCUT2D eigenvalue weighted by atomic mass is 35.5. The first-order valence-corrected chi connectivity index (χ1v) is 18.3. The van der Waals surface area contributed by atoms with Gasteiger partial charge in [-0.05, 0) is 114 Å². The zero-order chi connectivity index (χ0) is 37.3. The number of amides is 1. The number of anilines is 1. The number of aryl methyl sites for hydroxylation is 5. The molecule has 1 amide bonds. The number of fused-ring (bicyclic) bond motifs is 4. The molecule has 0 unspecified atom stereocenters. The number of hydrogen-bond acceptors (Lipinski definition) is 5. The van der Waals surface area contributed by atoms with Gasteiger partial charge in [-0.15, -0.1) is 0 Å². The molecule has 1 aliphatic rings. The Morgan fingerprint density at radius 3 is 2.33 bits per heavy atom. The summed E-state index contributed by atoms with van der Waals surface area (Å²) in [5, 5.41) is 21.8. The SMILES string of the molecule is Cc1cc(OCCCc2c3n(c4c(-c5c(C)nn(C)c5C)c(Cl)ccc24)[C@H](C)CN(c2ccc4c(C(=O)O)nn(C(C)C)c4c2)C3=O)cc(C)c1Cl. The highest BCUT2D eigenvalue weighted by Crippen LogP contribution is 2.45. The van der Waals surface area contributed by atoms with Crippen LogP contribution in [0.1, 0.15) is 88.3 Å². The first-order chi connectivity index (χ1) is 24.7. The second-order valence-electron chi connectivity index (χ2n) is 14.2. The smallest absolute Gasteiger partial charge is 0.357 e. The molecular weight excluding hydrogens is 699 g/mol. The van der Waals surface area contributed by atoms with Gasteiger partial charge in [0.15, 0.2) is 5.69 Å². The topological polar surface area (TPSA) is 107 Å². The number of carbonyl (C=O) groups excluding carboxylic acids is 1. The Bertz CT molecular complexity index is 2420. The van der Waals surface area contributed by atoms with Crippen molar-refractivity contribution in [1.82, 2.24) is 24.1 Å². The monoisotopic (exact) mass is 740 g/mol. The van der Waals surface area contributed by atoms with Crippen LogP contribution in [0.2, 0.25) is 10.0 Å². The Morgan fingerprint density at radius 1 is 1.00 bits per heavy atom. The number of benzene rings is 3. The van der Waals surface area contributed by atoms with Crippen molar-refractivity contribution in [3.8, 4) is 16.9 Å². The van der Waals surface area contributed by atoms with E-state index in [1.807, 2.05) is 89.7 Å². The van der Waals surface area contributed by atoms with Crippen LogP contribution < -0.4 is 9.64 Å². The van der Waals surface area contributed by atoms with Crippen molar-refractivity contribution in [3.05, 3.63) is 92.0 Å². The lowest BCUT2D eigenvalue weighted by Gasteiger charge is -2.34. The maximum absolute atomic E-state index is 14.9. The summed E-state index contributed by atoms with van der Waals surface area (Å²) in [6.45, 7) is 14.8. The van der Waals surface area contributed by atoms with Crippen molar-refractivity contribution in [2.75, 3.05) is 18.1 Å². The van der Waals surface area contributed by atoms with Crippen LogP contribution in [0.3, 0.4) is 0 Å². The maximum Gasteiger partial charge on any atom is 0.357 e. The van der Waals surface area contributed by atoms with Crippen LogP contribution in [-0.4, -0.2) is 54.3 Å². The van der Waals surface area contributed by atoms with E-state index in [0.29, 0.717) is 53.3 Å². The summed E-state index contributed by atoms with van der Waals surface area (Å²) >= 11 is 13.5. The number of rotatable bonds is 9. The van der Waals surface area contributed by atoms with E-state index in [-0.39, 0.29) is 23.7 Å². The first-order valence-electron chi connectivity index (χ1n) is 17.5. The third kappa shape index (κ3) is 5.72. The average molecular weight is 742 g/mol. The molecule has 0 spiro atoms. The molecule has 0 aliphatic carbocycles. The van der Waals surface area contributed by atoms with Crippen molar-refractivity contribution in [1.29, 1.82) is 0 Å². The second kappa shape index (κ2) is 13.3. The molecule has 1 aliphatic heterocycles. The molecule has 6 aromatic rings. The summed E-state index contributed by atoms with van der Waals surface area (Å²) in [6, 6.07) is 13.1. The number of hydrogen-bond donors (Lipinski definition) is 1. The zero-order valence-corrected chi connectivity index (χ0v) is 32.1. The lowest BCUT2D eigenvalue weighted by molar-refractivity contribution is 0.0691. The molecule has 1 N–H and O–H groups in total. The molecule has 4 heterocycles. The number of aromatic carboxylic acids is 1. The van der Waals surface area contributed by atoms with Gasteiger partial charge in [-0.2, -0.15) is 10.2 Å². The van der Waals surface area contributed by atoms with Gasteiger partial charge in [0.25, 0.3) is 5.91 Å². The predicted molar refractivity (Wildman–Crippen MR) is 207 cm³/mol. The summed E-state index contributed by atoms with van der Waals surface area (Å²) in [7, 11) is 1.92. The number of carboxylic acids is 1. The van der Waals surface area contributed by atoms with E-state index < -0.39 is 5.97 Å². The summed E-state index contributed by atoms with van der Waals surface area (Å²) in [6.07, 6.45) is 1.25. The van der Waals surface area contributed by atoms with Crippen LogP contribution in [0.25, 0.3) is 32.9 Å². The highest BCUT2D eigenvalue weighted by molar-refractivity contribution is 6.35. The van der Waals surface area contributed by atoms with E-state index >= 15 is 0 Å². The van der Waals surface area contributed by atoms with Gasteiger partial charge in [0.2, 0.25) is 0 Å². The quantitative estimate of drug-likeness (QED) is 0.148. The molecule has 1 atom stereocenters. The Hall–Kier alpha value is -4.80. The van der Waals surface area contributed by atoms with Crippen molar-refractivity contribution in [3.63, 3.8) is 0 Å². The predicted octanol–water partition coefficient (Wildman–Crippen LogP) is 9.44. The zero-order valence-electron chi connectivity index (χ0n) is 30.6. The molecule has 12 heteroatoms. The molecule has 0 saturated heterocycles. The van der Waals surface area contributed by atoms with Gasteiger partial charge < -0.3 is 19.3 Å². The number of nitrogens with zero attached hydrogens (tertiary/aromatic N) is 6. The summed E-state index contributed by atoms with van der Waals surface area (Å²) in [4.78, 5) is 28.8. The van der Waals surface area contributed by atoms with Crippen molar-refractivity contribution in [2.24, 2.45) is 7.05 Å². The summed E-state index contributed by atoms with van der Waals surface area (Å²) in [5.74, 6) is -0.463. The molecule has 0 fully saturated rings. The minimum Gasteiger partial charge on any atom is -0.494 e. The Kier molecular flexibility index (Phi) is 9.11. The van der Waals surface area contributed by atoms with E-state index in [2.05, 4.69) is 16.6 Å². The van der Waals surface area contributed by atoms with Crippen LogP contribution in [0.5, 0.6) is 5.75 Å². The van der Waals surface area contributed by atoms with Crippen molar-refractivity contribution in [2.45, 2.75) is 73.4 Å². The molecule has 52 heavy (non-hydrogen) atoms. The van der Waals surface area contributed by atoms with Gasteiger partial charge in [0.1, 0.15) is 11.4 Å². The molecule has 0 radical (unpaired) electrons. The van der Waals surface area contributed by atoms with E-state index in [9.17, 15) is 14.7 Å². The van der Waals surface area contributed by atoms with E-state index in [0.717, 1.165) is 60.9 Å². The Balaban J connectivity index is 1.36. The first kappa shape index (κ1) is 35.6. The maximum atomic E-state index is 14.9. The van der Waals surface area contributed by atoms with Crippen LogP contribution >= 0.6 is 23.2 Å². The van der Waals surface area contributed by atoms with E-state index in [4.69, 9.17) is 33.0 Å². The van der Waals surface area contributed by atoms with Crippen LogP contribution in [0.4, 0.5) is 5.69 Å². The van der Waals surface area contributed by atoms with Crippen LogP contribution in [0, 0.1) is 27.7 Å². The van der Waals surface area contributed by atoms with Crippen LogP contribution in [0.15, 0.2) is 42.5 Å². The van der Waals surface area contributed by atoms with Gasteiger partial charge >= 0.3 is 5.97 Å². The molecule has 7 rings (SSSR count). The highest BCUT2D eigenvalue weighted by Gasteiger charge is 2.37. The molecule has 270 valence electrons.